The van der Waals surface area contributed by atoms with Gasteiger partial charge in [0.1, 0.15) is 0 Å². The minimum atomic E-state index is 0.611. The second-order valence-electron chi connectivity index (χ2n) is 5.51. The highest BCUT2D eigenvalue weighted by Gasteiger charge is 2.17. The largest absolute Gasteiger partial charge is 0.382 e. The molecular formula is C16H26N2. The topological polar surface area (TPSA) is 15.3 Å². The molecule has 0 amide bonds. The lowest BCUT2D eigenvalue weighted by atomic mass is 9.98. The zero-order chi connectivity index (χ0) is 13.1. The van der Waals surface area contributed by atoms with Crippen molar-refractivity contribution in [1.82, 2.24) is 0 Å². The maximum atomic E-state index is 3.56. The van der Waals surface area contributed by atoms with Gasteiger partial charge in [0.2, 0.25) is 0 Å². The van der Waals surface area contributed by atoms with Gasteiger partial charge in [0.05, 0.1) is 0 Å². The zero-order valence-electron chi connectivity index (χ0n) is 12.2. The van der Waals surface area contributed by atoms with Crippen molar-refractivity contribution in [3.05, 3.63) is 23.8 Å². The molecule has 0 bridgehead atoms. The third-order valence-electron chi connectivity index (χ3n) is 4.23. The molecule has 0 fully saturated rings. The van der Waals surface area contributed by atoms with E-state index in [9.17, 15) is 0 Å². The molecule has 0 aromatic heterocycles. The van der Waals surface area contributed by atoms with E-state index in [0.29, 0.717) is 12.1 Å². The molecule has 1 aromatic rings. The molecule has 100 valence electrons. The third-order valence-corrected chi connectivity index (χ3v) is 4.23. The summed E-state index contributed by atoms with van der Waals surface area (Å²) in [6, 6.07) is 8.13. The van der Waals surface area contributed by atoms with Gasteiger partial charge in [-0.05, 0) is 56.4 Å². The Hall–Kier alpha value is -1.18. The van der Waals surface area contributed by atoms with E-state index in [1.807, 2.05) is 0 Å². The second kappa shape index (κ2) is 5.64. The first-order chi connectivity index (χ1) is 8.65. The van der Waals surface area contributed by atoms with Gasteiger partial charge in [0, 0.05) is 30.5 Å². The molecular weight excluding hydrogens is 220 g/mol. The van der Waals surface area contributed by atoms with E-state index in [1.165, 1.54) is 42.6 Å². The number of rotatable bonds is 4. The number of nitrogens with one attached hydrogen (secondary N) is 1. The van der Waals surface area contributed by atoms with Gasteiger partial charge in [-0.1, -0.05) is 13.8 Å². The van der Waals surface area contributed by atoms with E-state index < -0.39 is 0 Å². The summed E-state index contributed by atoms with van der Waals surface area (Å²) in [5, 5.41) is 3.56. The molecule has 18 heavy (non-hydrogen) atoms. The fraction of sp³-hybridized carbons (Fsp3) is 0.625. The average Bonchev–Trinajstić information content (AvgIpc) is 2.39. The Morgan fingerprint density at radius 3 is 2.72 bits per heavy atom. The summed E-state index contributed by atoms with van der Waals surface area (Å²) in [5.74, 6) is 0. The van der Waals surface area contributed by atoms with Crippen LogP contribution >= 0.6 is 0 Å². The van der Waals surface area contributed by atoms with Crippen molar-refractivity contribution in [3.8, 4) is 0 Å². The molecule has 0 aliphatic carbocycles. The normalized spacial score (nSPS) is 18.4. The Balaban J connectivity index is 2.20. The van der Waals surface area contributed by atoms with Crippen molar-refractivity contribution in [1.29, 1.82) is 0 Å². The molecule has 2 nitrogen and oxygen atoms in total. The van der Waals surface area contributed by atoms with Crippen LogP contribution < -0.4 is 10.2 Å². The highest BCUT2D eigenvalue weighted by atomic mass is 15.1. The van der Waals surface area contributed by atoms with Gasteiger partial charge in [0.15, 0.2) is 0 Å². The molecule has 0 saturated carbocycles. The lowest BCUT2D eigenvalue weighted by molar-refractivity contribution is 0.591. The molecule has 0 radical (unpaired) electrons. The SMILES string of the molecule is CCC(CC)N(C)c1ccc2c(c1)CCC(C)N2. The van der Waals surface area contributed by atoms with Crippen molar-refractivity contribution >= 4 is 11.4 Å². The molecule has 1 aliphatic rings. The summed E-state index contributed by atoms with van der Waals surface area (Å²) < 4.78 is 0. The van der Waals surface area contributed by atoms with Gasteiger partial charge < -0.3 is 10.2 Å². The third kappa shape index (κ3) is 2.63. The zero-order valence-corrected chi connectivity index (χ0v) is 12.2. The number of hydrogen-bond acceptors (Lipinski definition) is 2. The Labute approximate surface area is 111 Å². The van der Waals surface area contributed by atoms with Gasteiger partial charge in [-0.3, -0.25) is 0 Å². The van der Waals surface area contributed by atoms with Crippen molar-refractivity contribution in [2.24, 2.45) is 0 Å². The Morgan fingerprint density at radius 1 is 1.33 bits per heavy atom. The van der Waals surface area contributed by atoms with E-state index in [2.05, 4.69) is 56.2 Å². The quantitative estimate of drug-likeness (QED) is 0.862. The van der Waals surface area contributed by atoms with E-state index in [-0.39, 0.29) is 0 Å². The van der Waals surface area contributed by atoms with Gasteiger partial charge in [-0.2, -0.15) is 0 Å². The summed E-state index contributed by atoms with van der Waals surface area (Å²) >= 11 is 0. The molecule has 1 aromatic carbocycles. The van der Waals surface area contributed by atoms with Crippen LogP contribution in [-0.2, 0) is 6.42 Å². The van der Waals surface area contributed by atoms with Crippen LogP contribution in [0.15, 0.2) is 18.2 Å². The molecule has 1 aliphatic heterocycles. The molecule has 0 saturated heterocycles. The second-order valence-corrected chi connectivity index (χ2v) is 5.51. The first-order valence-corrected chi connectivity index (χ1v) is 7.28. The van der Waals surface area contributed by atoms with E-state index in [1.54, 1.807) is 0 Å². The number of hydrogen-bond donors (Lipinski definition) is 1. The molecule has 1 atom stereocenters. The standard InChI is InChI=1S/C16H26N2/c1-5-14(6-2)18(4)15-9-10-16-13(11-15)8-7-12(3)17-16/h9-12,14,17H,5-8H2,1-4H3. The van der Waals surface area contributed by atoms with Crippen LogP contribution in [0.1, 0.15) is 45.6 Å². The Kier molecular flexibility index (Phi) is 4.15. The number of fused-ring (bicyclic) bond motifs is 1. The van der Waals surface area contributed by atoms with Crippen LogP contribution in [0.4, 0.5) is 11.4 Å². The Bertz CT molecular complexity index is 396. The van der Waals surface area contributed by atoms with Crippen LogP contribution in [0, 0.1) is 0 Å². The lowest BCUT2D eigenvalue weighted by Crippen LogP contribution is -2.30. The van der Waals surface area contributed by atoms with Crippen molar-refractivity contribution in [3.63, 3.8) is 0 Å². The van der Waals surface area contributed by atoms with Crippen molar-refractivity contribution in [2.75, 3.05) is 17.3 Å². The number of nitrogens with zero attached hydrogens (tertiary/aromatic N) is 1. The minimum absolute atomic E-state index is 0.611. The van der Waals surface area contributed by atoms with Crippen LogP contribution in [0.5, 0.6) is 0 Å². The highest BCUT2D eigenvalue weighted by molar-refractivity contribution is 5.62. The summed E-state index contributed by atoms with van der Waals surface area (Å²) in [6.45, 7) is 6.80. The van der Waals surface area contributed by atoms with Crippen molar-refractivity contribution < 1.29 is 0 Å². The summed E-state index contributed by atoms with van der Waals surface area (Å²) in [4.78, 5) is 2.43. The van der Waals surface area contributed by atoms with Gasteiger partial charge in [-0.15, -0.1) is 0 Å². The molecule has 2 rings (SSSR count). The van der Waals surface area contributed by atoms with Crippen molar-refractivity contribution in [2.45, 2.75) is 58.5 Å². The highest BCUT2D eigenvalue weighted by Crippen LogP contribution is 2.29. The number of anilines is 2. The lowest BCUT2D eigenvalue weighted by Gasteiger charge is -2.31. The van der Waals surface area contributed by atoms with Gasteiger partial charge in [0.25, 0.3) is 0 Å². The average molecular weight is 246 g/mol. The number of benzene rings is 1. The summed E-state index contributed by atoms with van der Waals surface area (Å²) in [7, 11) is 2.22. The summed E-state index contributed by atoms with van der Waals surface area (Å²) in [6.07, 6.45) is 4.86. The van der Waals surface area contributed by atoms with Crippen LogP contribution in [0.25, 0.3) is 0 Å². The first-order valence-electron chi connectivity index (χ1n) is 7.28. The maximum Gasteiger partial charge on any atom is 0.0376 e. The summed E-state index contributed by atoms with van der Waals surface area (Å²) in [5.41, 5.74) is 4.16. The first kappa shape index (κ1) is 13.3. The van der Waals surface area contributed by atoms with E-state index in [4.69, 9.17) is 0 Å². The molecule has 1 heterocycles. The van der Waals surface area contributed by atoms with E-state index in [0.717, 1.165) is 0 Å². The molecule has 1 unspecified atom stereocenters. The van der Waals surface area contributed by atoms with Crippen LogP contribution in [0.3, 0.4) is 0 Å². The molecule has 0 spiro atoms. The van der Waals surface area contributed by atoms with Gasteiger partial charge in [-0.25, -0.2) is 0 Å². The fourth-order valence-corrected chi connectivity index (χ4v) is 2.90. The molecule has 2 heteroatoms. The van der Waals surface area contributed by atoms with Gasteiger partial charge >= 0.3 is 0 Å². The maximum absolute atomic E-state index is 3.56. The predicted octanol–water partition coefficient (Wildman–Crippen LogP) is 4.06. The predicted molar refractivity (Wildman–Crippen MR) is 80.6 cm³/mol. The van der Waals surface area contributed by atoms with Crippen LogP contribution in [0.2, 0.25) is 0 Å². The van der Waals surface area contributed by atoms with E-state index >= 15 is 0 Å². The van der Waals surface area contributed by atoms with Crippen LogP contribution in [-0.4, -0.2) is 19.1 Å². The fourth-order valence-electron chi connectivity index (χ4n) is 2.90. The monoisotopic (exact) mass is 246 g/mol. The number of aryl methyl sites for hydroxylation is 1. The molecule has 1 N–H and O–H groups in total. The Morgan fingerprint density at radius 2 is 2.06 bits per heavy atom. The smallest absolute Gasteiger partial charge is 0.0376 e. The minimum Gasteiger partial charge on any atom is -0.382 e.